The predicted molar refractivity (Wildman–Crippen MR) is 74.3 cm³/mol. The van der Waals surface area contributed by atoms with Crippen LogP contribution < -0.4 is 0 Å². The fourth-order valence-corrected chi connectivity index (χ4v) is 3.20. The molecular weight excluding hydrogens is 258 g/mol. The first kappa shape index (κ1) is 15.3. The molecule has 114 valence electrons. The lowest BCUT2D eigenvalue weighted by Crippen LogP contribution is -2.44. The van der Waals surface area contributed by atoms with Crippen molar-refractivity contribution in [3.8, 4) is 0 Å². The van der Waals surface area contributed by atoms with Crippen LogP contribution >= 0.6 is 0 Å². The van der Waals surface area contributed by atoms with Crippen LogP contribution in [-0.2, 0) is 14.3 Å². The van der Waals surface area contributed by atoms with Gasteiger partial charge in [-0.1, -0.05) is 19.8 Å². The topological polar surface area (TPSA) is 66.8 Å². The number of carboxylic acids is 1. The van der Waals surface area contributed by atoms with Crippen LogP contribution in [0.15, 0.2) is 0 Å². The van der Waals surface area contributed by atoms with Gasteiger partial charge in [-0.2, -0.15) is 0 Å². The Balaban J connectivity index is 1.77. The van der Waals surface area contributed by atoms with Crippen molar-refractivity contribution in [1.29, 1.82) is 0 Å². The second-order valence-corrected chi connectivity index (χ2v) is 6.13. The van der Waals surface area contributed by atoms with E-state index in [2.05, 4.69) is 6.92 Å². The molecule has 0 bridgehead atoms. The maximum absolute atomic E-state index is 12.1. The Bertz CT molecular complexity index is 358. The van der Waals surface area contributed by atoms with Crippen LogP contribution in [-0.4, -0.2) is 47.7 Å². The van der Waals surface area contributed by atoms with Gasteiger partial charge in [0, 0.05) is 13.1 Å². The third kappa shape index (κ3) is 3.95. The molecule has 3 unspecified atom stereocenters. The van der Waals surface area contributed by atoms with Crippen LogP contribution in [0.25, 0.3) is 0 Å². The van der Waals surface area contributed by atoms with Gasteiger partial charge in [-0.3, -0.25) is 9.59 Å². The van der Waals surface area contributed by atoms with Crippen molar-refractivity contribution < 1.29 is 19.4 Å². The Morgan fingerprint density at radius 1 is 1.20 bits per heavy atom. The van der Waals surface area contributed by atoms with Crippen LogP contribution in [0, 0.1) is 11.8 Å². The van der Waals surface area contributed by atoms with E-state index in [4.69, 9.17) is 9.84 Å². The van der Waals surface area contributed by atoms with Crippen LogP contribution in [0.2, 0.25) is 0 Å². The minimum Gasteiger partial charge on any atom is -0.481 e. The summed E-state index contributed by atoms with van der Waals surface area (Å²) in [6.45, 7) is 3.26. The lowest BCUT2D eigenvalue weighted by Gasteiger charge is -2.32. The van der Waals surface area contributed by atoms with Gasteiger partial charge in [0.2, 0.25) is 5.91 Å². The molecule has 2 aliphatic rings. The number of ether oxygens (including phenoxy) is 1. The van der Waals surface area contributed by atoms with E-state index in [0.717, 1.165) is 12.8 Å². The molecule has 0 radical (unpaired) electrons. The summed E-state index contributed by atoms with van der Waals surface area (Å²) in [5.41, 5.74) is 0. The minimum absolute atomic E-state index is 0.0614. The number of carbonyl (C=O) groups excluding carboxylic acids is 1. The fourth-order valence-electron chi connectivity index (χ4n) is 3.20. The molecule has 0 aromatic heterocycles. The molecule has 3 atom stereocenters. The summed E-state index contributed by atoms with van der Waals surface area (Å²) in [6, 6.07) is 0. The smallest absolute Gasteiger partial charge is 0.308 e. The zero-order chi connectivity index (χ0) is 14.5. The lowest BCUT2D eigenvalue weighted by atomic mass is 9.88. The number of carboxylic acid groups (broad SMARTS) is 1. The third-order valence-corrected chi connectivity index (χ3v) is 4.58. The summed E-state index contributed by atoms with van der Waals surface area (Å²) < 4.78 is 5.77. The van der Waals surface area contributed by atoms with Crippen molar-refractivity contribution in [2.24, 2.45) is 11.8 Å². The Morgan fingerprint density at radius 2 is 1.95 bits per heavy atom. The Hall–Kier alpha value is -1.10. The first-order chi connectivity index (χ1) is 9.58. The first-order valence-corrected chi connectivity index (χ1v) is 7.70. The first-order valence-electron chi connectivity index (χ1n) is 7.70. The maximum atomic E-state index is 12.1. The van der Waals surface area contributed by atoms with Crippen LogP contribution in [0.4, 0.5) is 0 Å². The van der Waals surface area contributed by atoms with E-state index in [1.54, 1.807) is 4.90 Å². The van der Waals surface area contributed by atoms with Crippen LogP contribution in [0.5, 0.6) is 0 Å². The van der Waals surface area contributed by atoms with E-state index in [1.807, 2.05) is 0 Å². The normalized spacial score (nSPS) is 31.1. The monoisotopic (exact) mass is 283 g/mol. The van der Waals surface area contributed by atoms with E-state index >= 15 is 0 Å². The van der Waals surface area contributed by atoms with E-state index in [9.17, 15) is 9.59 Å². The number of carbonyl (C=O) groups is 2. The second kappa shape index (κ2) is 7.07. The average Bonchev–Trinajstić information content (AvgIpc) is 2.46. The number of aliphatic carboxylic acids is 1. The predicted octanol–water partition coefficient (Wildman–Crippen LogP) is 1.90. The molecule has 1 N–H and O–H groups in total. The largest absolute Gasteiger partial charge is 0.481 e. The van der Waals surface area contributed by atoms with Gasteiger partial charge >= 0.3 is 5.97 Å². The summed E-state index contributed by atoms with van der Waals surface area (Å²) in [5, 5.41) is 9.04. The van der Waals surface area contributed by atoms with Crippen molar-refractivity contribution in [3.63, 3.8) is 0 Å². The van der Waals surface area contributed by atoms with E-state index in [-0.39, 0.29) is 18.6 Å². The molecule has 1 saturated carbocycles. The Kier molecular flexibility index (Phi) is 5.40. The zero-order valence-corrected chi connectivity index (χ0v) is 12.2. The number of nitrogens with zero attached hydrogens (tertiary/aromatic N) is 1. The van der Waals surface area contributed by atoms with Gasteiger partial charge in [-0.25, -0.2) is 0 Å². The van der Waals surface area contributed by atoms with Crippen molar-refractivity contribution in [2.45, 2.75) is 51.6 Å². The molecule has 1 saturated heterocycles. The Morgan fingerprint density at radius 3 is 2.65 bits per heavy atom. The summed E-state index contributed by atoms with van der Waals surface area (Å²) in [7, 11) is 0. The van der Waals surface area contributed by atoms with Crippen molar-refractivity contribution in [1.82, 2.24) is 4.90 Å². The number of hydrogen-bond donors (Lipinski definition) is 1. The SMILES string of the molecule is CC1CCCCC1OCC(=O)N1CCCC(C(=O)O)C1. The molecule has 2 rings (SSSR count). The molecule has 1 aliphatic heterocycles. The highest BCUT2D eigenvalue weighted by atomic mass is 16.5. The van der Waals surface area contributed by atoms with Gasteiger partial charge in [0.25, 0.3) is 0 Å². The molecule has 5 nitrogen and oxygen atoms in total. The molecule has 1 amide bonds. The van der Waals surface area contributed by atoms with E-state index in [1.165, 1.54) is 19.3 Å². The number of hydrogen-bond acceptors (Lipinski definition) is 3. The quantitative estimate of drug-likeness (QED) is 0.855. The third-order valence-electron chi connectivity index (χ3n) is 4.58. The summed E-state index contributed by atoms with van der Waals surface area (Å²) in [4.78, 5) is 24.8. The molecule has 5 heteroatoms. The summed E-state index contributed by atoms with van der Waals surface area (Å²) in [5.74, 6) is -0.760. The maximum Gasteiger partial charge on any atom is 0.308 e. The minimum atomic E-state index is -0.802. The lowest BCUT2D eigenvalue weighted by molar-refractivity contribution is -0.148. The molecule has 0 aromatic carbocycles. The van der Waals surface area contributed by atoms with Gasteiger partial charge < -0.3 is 14.7 Å². The van der Waals surface area contributed by atoms with Gasteiger partial charge in [0.15, 0.2) is 0 Å². The molecule has 2 fully saturated rings. The summed E-state index contributed by atoms with van der Waals surface area (Å²) >= 11 is 0. The molecule has 0 aromatic rings. The van der Waals surface area contributed by atoms with Gasteiger partial charge in [-0.05, 0) is 31.6 Å². The number of amides is 1. The van der Waals surface area contributed by atoms with Gasteiger partial charge in [0.05, 0.1) is 12.0 Å². The standard InChI is InChI=1S/C15H25NO4/c1-11-5-2-3-7-13(11)20-10-14(17)16-8-4-6-12(9-16)15(18)19/h11-13H,2-10H2,1H3,(H,18,19). The molecule has 0 spiro atoms. The fraction of sp³-hybridized carbons (Fsp3) is 0.867. The van der Waals surface area contributed by atoms with Crippen LogP contribution in [0.3, 0.4) is 0 Å². The van der Waals surface area contributed by atoms with Crippen LogP contribution in [0.1, 0.15) is 45.4 Å². The number of likely N-dealkylation sites (tertiary alicyclic amines) is 1. The van der Waals surface area contributed by atoms with E-state index in [0.29, 0.717) is 25.4 Å². The number of piperidine rings is 1. The van der Waals surface area contributed by atoms with Crippen molar-refractivity contribution in [2.75, 3.05) is 19.7 Å². The molecule has 1 heterocycles. The van der Waals surface area contributed by atoms with Gasteiger partial charge in [0.1, 0.15) is 6.61 Å². The average molecular weight is 283 g/mol. The highest BCUT2D eigenvalue weighted by Gasteiger charge is 2.29. The number of rotatable bonds is 4. The zero-order valence-electron chi connectivity index (χ0n) is 12.2. The molecule has 1 aliphatic carbocycles. The molecular formula is C15H25NO4. The summed E-state index contributed by atoms with van der Waals surface area (Å²) in [6.07, 6.45) is 6.25. The van der Waals surface area contributed by atoms with Crippen molar-refractivity contribution >= 4 is 11.9 Å². The van der Waals surface area contributed by atoms with E-state index < -0.39 is 11.9 Å². The second-order valence-electron chi connectivity index (χ2n) is 6.13. The highest BCUT2D eigenvalue weighted by molar-refractivity contribution is 5.79. The highest BCUT2D eigenvalue weighted by Crippen LogP contribution is 2.26. The van der Waals surface area contributed by atoms with Gasteiger partial charge in [-0.15, -0.1) is 0 Å². The molecule has 20 heavy (non-hydrogen) atoms. The Labute approximate surface area is 120 Å². The van der Waals surface area contributed by atoms with Crippen molar-refractivity contribution in [3.05, 3.63) is 0 Å².